The fourth-order valence-corrected chi connectivity index (χ4v) is 2.50. The highest BCUT2D eigenvalue weighted by molar-refractivity contribution is 7.90. The minimum atomic E-state index is -3.65. The SMILES string of the molecule is CC(C)N(C)S(=O)(=O)Nc1ccc(F)cc1CN. The Kier molecular flexibility index (Phi) is 4.66. The van der Waals surface area contributed by atoms with E-state index in [0.717, 1.165) is 0 Å². The lowest BCUT2D eigenvalue weighted by Crippen LogP contribution is -2.37. The summed E-state index contributed by atoms with van der Waals surface area (Å²) in [5, 5.41) is 0. The van der Waals surface area contributed by atoms with Gasteiger partial charge in [-0.3, -0.25) is 4.72 Å². The molecule has 0 unspecified atom stereocenters. The highest BCUT2D eigenvalue weighted by Crippen LogP contribution is 2.19. The van der Waals surface area contributed by atoms with E-state index in [2.05, 4.69) is 4.72 Å². The molecule has 7 heteroatoms. The van der Waals surface area contributed by atoms with Gasteiger partial charge in [-0.1, -0.05) is 0 Å². The molecular formula is C11H18FN3O2S. The fraction of sp³-hybridized carbons (Fsp3) is 0.455. The molecule has 5 nitrogen and oxygen atoms in total. The molecule has 0 aliphatic carbocycles. The molecule has 0 saturated heterocycles. The van der Waals surface area contributed by atoms with Crippen molar-refractivity contribution in [3.05, 3.63) is 29.6 Å². The van der Waals surface area contributed by atoms with E-state index in [-0.39, 0.29) is 12.6 Å². The van der Waals surface area contributed by atoms with Crippen LogP contribution < -0.4 is 10.5 Å². The smallest absolute Gasteiger partial charge is 0.301 e. The zero-order valence-electron chi connectivity index (χ0n) is 10.6. The summed E-state index contributed by atoms with van der Waals surface area (Å²) in [5.41, 5.74) is 6.17. The highest BCUT2D eigenvalue weighted by atomic mass is 32.2. The number of nitrogens with two attached hydrogens (primary N) is 1. The van der Waals surface area contributed by atoms with Crippen LogP contribution in [0.2, 0.25) is 0 Å². The molecule has 1 aromatic carbocycles. The minimum Gasteiger partial charge on any atom is -0.326 e. The van der Waals surface area contributed by atoms with Crippen molar-refractivity contribution in [1.82, 2.24) is 4.31 Å². The Labute approximate surface area is 107 Å². The molecule has 0 radical (unpaired) electrons. The fourth-order valence-electron chi connectivity index (χ4n) is 1.32. The van der Waals surface area contributed by atoms with E-state index in [1.54, 1.807) is 13.8 Å². The summed E-state index contributed by atoms with van der Waals surface area (Å²) in [6.07, 6.45) is 0. The van der Waals surface area contributed by atoms with E-state index in [9.17, 15) is 12.8 Å². The summed E-state index contributed by atoms with van der Waals surface area (Å²) in [6, 6.07) is 3.59. The topological polar surface area (TPSA) is 75.4 Å². The number of hydrogen-bond acceptors (Lipinski definition) is 3. The van der Waals surface area contributed by atoms with Crippen molar-refractivity contribution < 1.29 is 12.8 Å². The summed E-state index contributed by atoms with van der Waals surface area (Å²) in [7, 11) is -2.18. The second-order valence-corrected chi connectivity index (χ2v) is 5.95. The Balaban J connectivity index is 3.04. The van der Waals surface area contributed by atoms with Gasteiger partial charge in [0.25, 0.3) is 0 Å². The standard InChI is InChI=1S/C11H18FN3O2S/c1-8(2)15(3)18(16,17)14-11-5-4-10(12)6-9(11)7-13/h4-6,8,14H,7,13H2,1-3H3. The number of benzene rings is 1. The van der Waals surface area contributed by atoms with E-state index in [0.29, 0.717) is 11.3 Å². The molecular weight excluding hydrogens is 257 g/mol. The van der Waals surface area contributed by atoms with Crippen molar-refractivity contribution >= 4 is 15.9 Å². The van der Waals surface area contributed by atoms with Crippen LogP contribution in [0, 0.1) is 5.82 Å². The van der Waals surface area contributed by atoms with Crippen LogP contribution in [0.3, 0.4) is 0 Å². The maximum atomic E-state index is 13.0. The largest absolute Gasteiger partial charge is 0.326 e. The Morgan fingerprint density at radius 3 is 2.56 bits per heavy atom. The third kappa shape index (κ3) is 3.41. The number of halogens is 1. The summed E-state index contributed by atoms with van der Waals surface area (Å²) >= 11 is 0. The lowest BCUT2D eigenvalue weighted by Gasteiger charge is -2.22. The van der Waals surface area contributed by atoms with Gasteiger partial charge >= 0.3 is 10.2 Å². The van der Waals surface area contributed by atoms with Crippen molar-refractivity contribution in [2.45, 2.75) is 26.4 Å². The first-order chi connectivity index (χ1) is 8.27. The predicted molar refractivity (Wildman–Crippen MR) is 69.7 cm³/mol. The Hall–Kier alpha value is -1.18. The first-order valence-corrected chi connectivity index (χ1v) is 6.96. The molecule has 1 rings (SSSR count). The Morgan fingerprint density at radius 1 is 1.44 bits per heavy atom. The monoisotopic (exact) mass is 275 g/mol. The number of nitrogens with zero attached hydrogens (tertiary/aromatic N) is 1. The van der Waals surface area contributed by atoms with Crippen LogP contribution in [-0.2, 0) is 16.8 Å². The summed E-state index contributed by atoms with van der Waals surface area (Å²) < 4.78 is 40.5. The molecule has 0 bridgehead atoms. The van der Waals surface area contributed by atoms with E-state index in [1.807, 2.05) is 0 Å². The van der Waals surface area contributed by atoms with Crippen molar-refractivity contribution in [2.24, 2.45) is 5.73 Å². The summed E-state index contributed by atoms with van der Waals surface area (Å²) in [5.74, 6) is -0.449. The van der Waals surface area contributed by atoms with Gasteiger partial charge in [0.1, 0.15) is 5.82 Å². The molecule has 0 aliphatic heterocycles. The zero-order valence-corrected chi connectivity index (χ0v) is 11.5. The summed E-state index contributed by atoms with van der Waals surface area (Å²) in [4.78, 5) is 0. The van der Waals surface area contributed by atoms with Crippen LogP contribution in [0.4, 0.5) is 10.1 Å². The lowest BCUT2D eigenvalue weighted by atomic mass is 10.2. The van der Waals surface area contributed by atoms with Crippen molar-refractivity contribution in [3.63, 3.8) is 0 Å². The molecule has 1 aromatic rings. The van der Waals surface area contributed by atoms with E-state index < -0.39 is 16.0 Å². The first kappa shape index (κ1) is 14.9. The zero-order chi connectivity index (χ0) is 13.9. The molecule has 0 aliphatic rings. The number of nitrogens with one attached hydrogen (secondary N) is 1. The molecule has 102 valence electrons. The Bertz CT molecular complexity index is 517. The average molecular weight is 275 g/mol. The van der Waals surface area contributed by atoms with E-state index in [1.165, 1.54) is 29.6 Å². The van der Waals surface area contributed by atoms with Crippen LogP contribution in [0.5, 0.6) is 0 Å². The molecule has 0 amide bonds. The van der Waals surface area contributed by atoms with Gasteiger partial charge in [0.15, 0.2) is 0 Å². The van der Waals surface area contributed by atoms with Gasteiger partial charge in [0, 0.05) is 19.6 Å². The second-order valence-electron chi connectivity index (χ2n) is 4.22. The van der Waals surface area contributed by atoms with Gasteiger partial charge in [-0.15, -0.1) is 0 Å². The van der Waals surface area contributed by atoms with Gasteiger partial charge in [-0.25, -0.2) is 4.39 Å². The van der Waals surface area contributed by atoms with Crippen molar-refractivity contribution in [1.29, 1.82) is 0 Å². The second kappa shape index (κ2) is 5.64. The number of rotatable bonds is 5. The molecule has 3 N–H and O–H groups in total. The predicted octanol–water partition coefficient (Wildman–Crippen LogP) is 1.28. The minimum absolute atomic E-state index is 0.0566. The normalized spacial score (nSPS) is 12.2. The third-order valence-corrected chi connectivity index (χ3v) is 4.29. The molecule has 0 fully saturated rings. The van der Waals surface area contributed by atoms with Gasteiger partial charge in [-0.2, -0.15) is 12.7 Å². The quantitative estimate of drug-likeness (QED) is 0.850. The van der Waals surface area contributed by atoms with E-state index in [4.69, 9.17) is 5.73 Å². The lowest BCUT2D eigenvalue weighted by molar-refractivity contribution is 0.414. The van der Waals surface area contributed by atoms with Gasteiger partial charge in [0.2, 0.25) is 0 Å². The van der Waals surface area contributed by atoms with Crippen LogP contribution in [0.25, 0.3) is 0 Å². The van der Waals surface area contributed by atoms with Crippen LogP contribution in [-0.4, -0.2) is 25.8 Å². The Morgan fingerprint density at radius 2 is 2.06 bits per heavy atom. The maximum Gasteiger partial charge on any atom is 0.301 e. The summed E-state index contributed by atoms with van der Waals surface area (Å²) in [6.45, 7) is 3.57. The van der Waals surface area contributed by atoms with Gasteiger partial charge in [-0.05, 0) is 37.6 Å². The number of anilines is 1. The van der Waals surface area contributed by atoms with Gasteiger partial charge < -0.3 is 5.73 Å². The van der Waals surface area contributed by atoms with Crippen molar-refractivity contribution in [3.8, 4) is 0 Å². The molecule has 0 atom stereocenters. The first-order valence-electron chi connectivity index (χ1n) is 5.52. The molecule has 0 heterocycles. The number of hydrogen-bond donors (Lipinski definition) is 2. The molecule has 18 heavy (non-hydrogen) atoms. The maximum absolute atomic E-state index is 13.0. The van der Waals surface area contributed by atoms with Crippen LogP contribution >= 0.6 is 0 Å². The molecule has 0 spiro atoms. The molecule has 0 saturated carbocycles. The van der Waals surface area contributed by atoms with Crippen LogP contribution in [0.15, 0.2) is 18.2 Å². The third-order valence-electron chi connectivity index (χ3n) is 2.63. The van der Waals surface area contributed by atoms with Crippen LogP contribution in [0.1, 0.15) is 19.4 Å². The highest BCUT2D eigenvalue weighted by Gasteiger charge is 2.21. The molecule has 0 aromatic heterocycles. The van der Waals surface area contributed by atoms with Crippen molar-refractivity contribution in [2.75, 3.05) is 11.8 Å². The van der Waals surface area contributed by atoms with Gasteiger partial charge in [0.05, 0.1) is 5.69 Å². The van der Waals surface area contributed by atoms with E-state index >= 15 is 0 Å². The average Bonchev–Trinajstić information content (AvgIpc) is 2.30.